The molecule has 0 spiro atoms. The fourth-order valence-electron chi connectivity index (χ4n) is 4.45. The molecule has 0 amide bonds. The van der Waals surface area contributed by atoms with Crippen LogP contribution in [0.5, 0.6) is 0 Å². The number of nitrogens with zero attached hydrogens (tertiary/aromatic N) is 5. The van der Waals surface area contributed by atoms with Crippen molar-refractivity contribution in [3.8, 4) is 22.8 Å². The van der Waals surface area contributed by atoms with Crippen LogP contribution in [0.15, 0.2) is 103 Å². The molecule has 0 bridgehead atoms. The number of hydrogen-bond acceptors (Lipinski definition) is 5. The van der Waals surface area contributed by atoms with Gasteiger partial charge < -0.3 is 0 Å². The Balaban J connectivity index is 1.38. The Hall–Kier alpha value is -4.77. The van der Waals surface area contributed by atoms with E-state index in [1.54, 1.807) is 12.4 Å². The van der Waals surface area contributed by atoms with Crippen LogP contribution in [0.1, 0.15) is 0 Å². The summed E-state index contributed by atoms with van der Waals surface area (Å²) < 4.78 is 0. The van der Waals surface area contributed by atoms with Crippen LogP contribution in [-0.2, 0) is 0 Å². The van der Waals surface area contributed by atoms with Crippen molar-refractivity contribution in [1.29, 1.82) is 0 Å². The first-order valence-corrected chi connectivity index (χ1v) is 11.1. The van der Waals surface area contributed by atoms with Gasteiger partial charge in [-0.2, -0.15) is 0 Å². The lowest BCUT2D eigenvalue weighted by Crippen LogP contribution is -1.94. The number of fused-ring (bicyclic) bond motifs is 6. The molecular formula is C29H17N5. The summed E-state index contributed by atoms with van der Waals surface area (Å²) in [5.74, 6) is 0. The summed E-state index contributed by atoms with van der Waals surface area (Å²) >= 11 is 0. The zero-order chi connectivity index (χ0) is 22.5. The Labute approximate surface area is 194 Å². The van der Waals surface area contributed by atoms with Gasteiger partial charge in [-0.15, -0.1) is 0 Å². The van der Waals surface area contributed by atoms with Gasteiger partial charge in [0.25, 0.3) is 0 Å². The van der Waals surface area contributed by atoms with E-state index in [4.69, 9.17) is 15.0 Å². The minimum Gasteiger partial charge on any atom is -0.254 e. The fourth-order valence-corrected chi connectivity index (χ4v) is 4.45. The number of rotatable bonds is 2. The first-order chi connectivity index (χ1) is 16.8. The molecule has 0 saturated carbocycles. The molecule has 5 aromatic heterocycles. The van der Waals surface area contributed by atoms with E-state index in [1.807, 2.05) is 42.5 Å². The number of aromatic nitrogens is 5. The number of benzene rings is 2. The lowest BCUT2D eigenvalue weighted by molar-refractivity contribution is 1.25. The maximum Gasteiger partial charge on any atom is 0.0972 e. The second-order valence-corrected chi connectivity index (χ2v) is 8.23. The van der Waals surface area contributed by atoms with Crippen LogP contribution in [0.3, 0.4) is 0 Å². The minimum absolute atomic E-state index is 0.797. The summed E-state index contributed by atoms with van der Waals surface area (Å²) in [6.07, 6.45) is 3.61. The van der Waals surface area contributed by atoms with Crippen molar-refractivity contribution >= 4 is 43.6 Å². The van der Waals surface area contributed by atoms with Crippen LogP contribution in [0.2, 0.25) is 0 Å². The van der Waals surface area contributed by atoms with E-state index in [0.29, 0.717) is 0 Å². The van der Waals surface area contributed by atoms with E-state index in [1.165, 1.54) is 0 Å². The smallest absolute Gasteiger partial charge is 0.0972 e. The first kappa shape index (κ1) is 18.8. The Bertz CT molecular complexity index is 1740. The molecule has 5 nitrogen and oxygen atoms in total. The Kier molecular flexibility index (Phi) is 4.08. The maximum absolute atomic E-state index is 4.94. The summed E-state index contributed by atoms with van der Waals surface area (Å²) in [5, 5.41) is 4.26. The Morgan fingerprint density at radius 3 is 1.24 bits per heavy atom. The van der Waals surface area contributed by atoms with Crippen LogP contribution in [0.25, 0.3) is 66.4 Å². The zero-order valence-corrected chi connectivity index (χ0v) is 18.1. The van der Waals surface area contributed by atoms with Gasteiger partial charge in [-0.1, -0.05) is 54.6 Å². The SMILES string of the molecule is c1cc(-c2ccc3ccc4cccnc4c3n2)nc(-c2ccc3ccc4cccnc4c3n2)c1. The Morgan fingerprint density at radius 2 is 0.735 bits per heavy atom. The second-order valence-electron chi connectivity index (χ2n) is 8.23. The van der Waals surface area contributed by atoms with Crippen LogP contribution in [0.4, 0.5) is 0 Å². The third-order valence-corrected chi connectivity index (χ3v) is 6.14. The summed E-state index contributed by atoms with van der Waals surface area (Å²) in [7, 11) is 0. The molecule has 0 aliphatic carbocycles. The van der Waals surface area contributed by atoms with Gasteiger partial charge in [0.15, 0.2) is 0 Å². The van der Waals surface area contributed by atoms with Crippen molar-refractivity contribution in [1.82, 2.24) is 24.9 Å². The van der Waals surface area contributed by atoms with Crippen molar-refractivity contribution in [2.75, 3.05) is 0 Å². The molecule has 7 rings (SSSR count). The molecule has 5 heteroatoms. The normalized spacial score (nSPS) is 11.5. The molecule has 0 radical (unpaired) electrons. The molecule has 0 unspecified atom stereocenters. The largest absolute Gasteiger partial charge is 0.254 e. The van der Waals surface area contributed by atoms with E-state index >= 15 is 0 Å². The summed E-state index contributed by atoms with van der Waals surface area (Å²) in [6, 6.07) is 30.4. The van der Waals surface area contributed by atoms with Crippen LogP contribution < -0.4 is 0 Å². The van der Waals surface area contributed by atoms with Gasteiger partial charge in [-0.05, 0) is 36.4 Å². The van der Waals surface area contributed by atoms with Gasteiger partial charge >= 0.3 is 0 Å². The topological polar surface area (TPSA) is 64.5 Å². The molecule has 0 atom stereocenters. The van der Waals surface area contributed by atoms with Crippen LogP contribution in [0, 0.1) is 0 Å². The van der Waals surface area contributed by atoms with Gasteiger partial charge in [-0.3, -0.25) is 9.97 Å². The molecule has 0 fully saturated rings. The average Bonchev–Trinajstić information content (AvgIpc) is 2.92. The zero-order valence-electron chi connectivity index (χ0n) is 18.1. The maximum atomic E-state index is 4.94. The van der Waals surface area contributed by atoms with E-state index in [2.05, 4.69) is 58.5 Å². The molecule has 158 valence electrons. The van der Waals surface area contributed by atoms with E-state index < -0.39 is 0 Å². The fraction of sp³-hybridized carbons (Fsp3) is 0. The van der Waals surface area contributed by atoms with Crippen LogP contribution in [-0.4, -0.2) is 24.9 Å². The average molecular weight is 435 g/mol. The van der Waals surface area contributed by atoms with Crippen molar-refractivity contribution in [3.63, 3.8) is 0 Å². The predicted molar refractivity (Wildman–Crippen MR) is 136 cm³/mol. The molecule has 34 heavy (non-hydrogen) atoms. The van der Waals surface area contributed by atoms with Crippen molar-refractivity contribution in [2.24, 2.45) is 0 Å². The monoisotopic (exact) mass is 435 g/mol. The number of pyridine rings is 5. The lowest BCUT2D eigenvalue weighted by atomic mass is 10.1. The molecule has 7 aromatic rings. The molecule has 2 aromatic carbocycles. The highest BCUT2D eigenvalue weighted by Gasteiger charge is 2.10. The molecule has 0 saturated heterocycles. The number of hydrogen-bond donors (Lipinski definition) is 0. The summed E-state index contributed by atoms with van der Waals surface area (Å²) in [6.45, 7) is 0. The quantitative estimate of drug-likeness (QED) is 0.286. The first-order valence-electron chi connectivity index (χ1n) is 11.1. The van der Waals surface area contributed by atoms with E-state index in [0.717, 1.165) is 66.4 Å². The predicted octanol–water partition coefficient (Wildman–Crippen LogP) is 6.61. The third kappa shape index (κ3) is 2.98. The highest BCUT2D eigenvalue weighted by Crippen LogP contribution is 2.28. The van der Waals surface area contributed by atoms with Gasteiger partial charge in [0.1, 0.15) is 0 Å². The standard InChI is InChI=1S/C29H17N5/c1-6-22(24-14-12-20-10-8-18-4-2-16-30-26(18)28(20)33-24)32-23(7-1)25-15-13-21-11-9-19-5-3-17-31-27(19)29(21)34-25/h1-17H. The Morgan fingerprint density at radius 1 is 0.324 bits per heavy atom. The summed E-state index contributed by atoms with van der Waals surface area (Å²) in [5.41, 5.74) is 6.76. The van der Waals surface area contributed by atoms with Gasteiger partial charge in [-0.25, -0.2) is 15.0 Å². The van der Waals surface area contributed by atoms with Crippen LogP contribution >= 0.6 is 0 Å². The molecule has 5 heterocycles. The summed E-state index contributed by atoms with van der Waals surface area (Å²) in [4.78, 5) is 23.9. The van der Waals surface area contributed by atoms with E-state index in [-0.39, 0.29) is 0 Å². The third-order valence-electron chi connectivity index (χ3n) is 6.14. The van der Waals surface area contributed by atoms with Gasteiger partial charge in [0.2, 0.25) is 0 Å². The highest BCUT2D eigenvalue weighted by atomic mass is 14.8. The lowest BCUT2D eigenvalue weighted by Gasteiger charge is -2.08. The molecule has 0 aliphatic heterocycles. The van der Waals surface area contributed by atoms with E-state index in [9.17, 15) is 0 Å². The molecule has 0 aliphatic rings. The highest BCUT2D eigenvalue weighted by molar-refractivity contribution is 6.04. The molecule has 0 N–H and O–H groups in total. The van der Waals surface area contributed by atoms with Crippen molar-refractivity contribution in [2.45, 2.75) is 0 Å². The van der Waals surface area contributed by atoms with Gasteiger partial charge in [0.05, 0.1) is 44.8 Å². The second kappa shape index (κ2) is 7.39. The minimum atomic E-state index is 0.797. The van der Waals surface area contributed by atoms with Crippen molar-refractivity contribution in [3.05, 3.63) is 103 Å². The van der Waals surface area contributed by atoms with Crippen molar-refractivity contribution < 1.29 is 0 Å². The molecular weight excluding hydrogens is 418 g/mol. The van der Waals surface area contributed by atoms with Gasteiger partial charge in [0, 0.05) is 33.9 Å².